The normalized spacial score (nSPS) is 10.6. The summed E-state index contributed by atoms with van der Waals surface area (Å²) >= 11 is 6.33. The zero-order chi connectivity index (χ0) is 18.6. The van der Waals surface area contributed by atoms with E-state index in [0.29, 0.717) is 24.3 Å². The fraction of sp³-hybridized carbons (Fsp3) is 0.353. The average Bonchev–Trinajstić information content (AvgIpc) is 2.89. The highest BCUT2D eigenvalue weighted by atomic mass is 35.5. The first-order valence-electron chi connectivity index (χ1n) is 7.68. The molecule has 0 aliphatic carbocycles. The van der Waals surface area contributed by atoms with E-state index in [1.807, 2.05) is 0 Å². The molecule has 0 spiro atoms. The van der Waals surface area contributed by atoms with Gasteiger partial charge in [0.25, 0.3) is 5.91 Å². The number of hydrogen-bond donors (Lipinski definition) is 0. The van der Waals surface area contributed by atoms with Crippen molar-refractivity contribution in [2.75, 3.05) is 20.7 Å². The van der Waals surface area contributed by atoms with Gasteiger partial charge in [0.1, 0.15) is 11.0 Å². The lowest BCUT2D eigenvalue weighted by Gasteiger charge is -2.16. The van der Waals surface area contributed by atoms with E-state index in [2.05, 4.69) is 9.84 Å². The van der Waals surface area contributed by atoms with Crippen LogP contribution in [0, 0.1) is 12.7 Å². The van der Waals surface area contributed by atoms with Crippen LogP contribution in [-0.2, 0) is 9.53 Å². The molecule has 1 amide bonds. The van der Waals surface area contributed by atoms with Crippen LogP contribution in [0.25, 0.3) is 5.69 Å². The van der Waals surface area contributed by atoms with Gasteiger partial charge in [-0.2, -0.15) is 5.10 Å². The summed E-state index contributed by atoms with van der Waals surface area (Å²) in [6, 6.07) is 5.65. The van der Waals surface area contributed by atoms with E-state index in [-0.39, 0.29) is 34.8 Å². The molecule has 0 fully saturated rings. The molecule has 0 aliphatic heterocycles. The first-order chi connectivity index (χ1) is 11.8. The highest BCUT2D eigenvalue weighted by Gasteiger charge is 2.23. The van der Waals surface area contributed by atoms with Crippen molar-refractivity contribution in [3.63, 3.8) is 0 Å². The SMILES string of the molecule is COC(=O)CCCN(C)C(=O)c1c(C)nn(-c2ccc(F)cc2)c1Cl. The van der Waals surface area contributed by atoms with Crippen LogP contribution in [0.5, 0.6) is 0 Å². The van der Waals surface area contributed by atoms with E-state index < -0.39 is 0 Å². The lowest BCUT2D eigenvalue weighted by Crippen LogP contribution is -2.28. The largest absolute Gasteiger partial charge is 0.469 e. The Balaban J connectivity index is 2.17. The van der Waals surface area contributed by atoms with E-state index >= 15 is 0 Å². The number of nitrogens with zero attached hydrogens (tertiary/aromatic N) is 3. The zero-order valence-electron chi connectivity index (χ0n) is 14.3. The Hall–Kier alpha value is -2.41. The number of rotatable bonds is 6. The van der Waals surface area contributed by atoms with E-state index in [0.717, 1.165) is 0 Å². The molecule has 1 aromatic heterocycles. The smallest absolute Gasteiger partial charge is 0.305 e. The molecule has 0 saturated heterocycles. The van der Waals surface area contributed by atoms with Crippen molar-refractivity contribution >= 4 is 23.5 Å². The van der Waals surface area contributed by atoms with Crippen LogP contribution in [0.1, 0.15) is 28.9 Å². The fourth-order valence-electron chi connectivity index (χ4n) is 2.35. The minimum atomic E-state index is -0.370. The first kappa shape index (κ1) is 18.9. The number of hydrogen-bond acceptors (Lipinski definition) is 4. The van der Waals surface area contributed by atoms with E-state index in [9.17, 15) is 14.0 Å². The summed E-state index contributed by atoms with van der Waals surface area (Å²) in [5, 5.41) is 4.44. The second-order valence-corrected chi connectivity index (χ2v) is 5.90. The minimum Gasteiger partial charge on any atom is -0.469 e. The van der Waals surface area contributed by atoms with E-state index in [1.165, 1.54) is 41.0 Å². The van der Waals surface area contributed by atoms with Crippen molar-refractivity contribution in [1.29, 1.82) is 0 Å². The molecular formula is C17H19ClFN3O3. The number of methoxy groups -OCH3 is 1. The van der Waals surface area contributed by atoms with Gasteiger partial charge < -0.3 is 9.64 Å². The van der Waals surface area contributed by atoms with Gasteiger partial charge in [-0.3, -0.25) is 9.59 Å². The highest BCUT2D eigenvalue weighted by molar-refractivity contribution is 6.33. The zero-order valence-corrected chi connectivity index (χ0v) is 15.0. The molecule has 0 unspecified atom stereocenters. The van der Waals surface area contributed by atoms with Crippen LogP contribution in [-0.4, -0.2) is 47.3 Å². The molecule has 0 radical (unpaired) electrons. The second kappa shape index (κ2) is 8.11. The molecule has 1 aromatic carbocycles. The maximum absolute atomic E-state index is 13.1. The number of carbonyl (C=O) groups excluding carboxylic acids is 2. The fourth-order valence-corrected chi connectivity index (χ4v) is 2.70. The summed E-state index contributed by atoms with van der Waals surface area (Å²) in [4.78, 5) is 25.3. The van der Waals surface area contributed by atoms with Gasteiger partial charge in [-0.05, 0) is 37.6 Å². The standard InChI is InChI=1S/C17H19ClFN3O3/c1-11-15(17(24)21(2)10-4-5-14(23)25-3)16(18)22(20-11)13-8-6-12(19)7-9-13/h6-9H,4-5,10H2,1-3H3. The summed E-state index contributed by atoms with van der Waals surface area (Å²) in [6.45, 7) is 2.06. The van der Waals surface area contributed by atoms with Gasteiger partial charge in [-0.15, -0.1) is 0 Å². The third-order valence-corrected chi connectivity index (χ3v) is 4.09. The first-order valence-corrected chi connectivity index (χ1v) is 8.06. The molecule has 2 aromatic rings. The summed E-state index contributed by atoms with van der Waals surface area (Å²) < 4.78 is 19.0. The maximum atomic E-state index is 13.1. The van der Waals surface area contributed by atoms with Crippen molar-refractivity contribution in [1.82, 2.24) is 14.7 Å². The number of aryl methyl sites for hydroxylation is 1. The highest BCUT2D eigenvalue weighted by Crippen LogP contribution is 2.25. The summed E-state index contributed by atoms with van der Waals surface area (Å²) in [7, 11) is 2.95. The van der Waals surface area contributed by atoms with E-state index in [4.69, 9.17) is 11.6 Å². The van der Waals surface area contributed by atoms with Crippen molar-refractivity contribution in [2.24, 2.45) is 0 Å². The Kier molecular flexibility index (Phi) is 6.14. The van der Waals surface area contributed by atoms with Gasteiger partial charge >= 0.3 is 5.97 Å². The van der Waals surface area contributed by atoms with Crippen LogP contribution in [0.2, 0.25) is 5.15 Å². The van der Waals surface area contributed by atoms with Gasteiger partial charge in [-0.1, -0.05) is 11.6 Å². The lowest BCUT2D eigenvalue weighted by atomic mass is 10.2. The van der Waals surface area contributed by atoms with E-state index in [1.54, 1.807) is 14.0 Å². The van der Waals surface area contributed by atoms with Crippen molar-refractivity contribution in [2.45, 2.75) is 19.8 Å². The van der Waals surface area contributed by atoms with Gasteiger partial charge in [0.05, 0.1) is 24.1 Å². The average molecular weight is 368 g/mol. The second-order valence-electron chi connectivity index (χ2n) is 5.55. The summed E-state index contributed by atoms with van der Waals surface area (Å²) in [5.74, 6) is -0.981. The summed E-state index contributed by atoms with van der Waals surface area (Å²) in [6.07, 6.45) is 0.716. The van der Waals surface area contributed by atoms with Crippen molar-refractivity contribution in [3.8, 4) is 5.69 Å². The molecule has 0 aliphatic rings. The van der Waals surface area contributed by atoms with Crippen LogP contribution in [0.3, 0.4) is 0 Å². The number of carbonyl (C=O) groups is 2. The monoisotopic (exact) mass is 367 g/mol. The molecule has 0 atom stereocenters. The number of aromatic nitrogens is 2. The van der Waals surface area contributed by atoms with Gasteiger partial charge in [0.2, 0.25) is 0 Å². The third kappa shape index (κ3) is 4.36. The molecule has 134 valence electrons. The quantitative estimate of drug-likeness (QED) is 0.736. The van der Waals surface area contributed by atoms with Gasteiger partial charge in [-0.25, -0.2) is 9.07 Å². The lowest BCUT2D eigenvalue weighted by molar-refractivity contribution is -0.140. The molecule has 2 rings (SSSR count). The molecule has 8 heteroatoms. The Morgan fingerprint density at radius 1 is 1.32 bits per heavy atom. The Labute approximate surface area is 150 Å². The number of benzene rings is 1. The molecule has 1 heterocycles. The Bertz CT molecular complexity index is 774. The Morgan fingerprint density at radius 3 is 2.56 bits per heavy atom. The maximum Gasteiger partial charge on any atom is 0.305 e. The van der Waals surface area contributed by atoms with Crippen LogP contribution in [0.15, 0.2) is 24.3 Å². The third-order valence-electron chi connectivity index (χ3n) is 3.74. The number of amides is 1. The molecular weight excluding hydrogens is 349 g/mol. The Morgan fingerprint density at radius 2 is 1.96 bits per heavy atom. The predicted molar refractivity (Wildman–Crippen MR) is 91.5 cm³/mol. The molecule has 0 N–H and O–H groups in total. The number of ether oxygens (including phenoxy) is 1. The molecule has 0 saturated carbocycles. The molecule has 25 heavy (non-hydrogen) atoms. The minimum absolute atomic E-state index is 0.161. The van der Waals surface area contributed by atoms with Gasteiger partial charge in [0, 0.05) is 20.0 Å². The molecule has 0 bridgehead atoms. The predicted octanol–water partition coefficient (Wildman–Crippen LogP) is 3.00. The number of halogens is 2. The van der Waals surface area contributed by atoms with Crippen LogP contribution >= 0.6 is 11.6 Å². The number of esters is 1. The molecule has 6 nitrogen and oxygen atoms in total. The van der Waals surface area contributed by atoms with Crippen LogP contribution in [0.4, 0.5) is 4.39 Å². The van der Waals surface area contributed by atoms with Gasteiger partial charge in [0.15, 0.2) is 0 Å². The van der Waals surface area contributed by atoms with Crippen molar-refractivity contribution in [3.05, 3.63) is 46.5 Å². The van der Waals surface area contributed by atoms with Crippen molar-refractivity contribution < 1.29 is 18.7 Å². The van der Waals surface area contributed by atoms with Crippen LogP contribution < -0.4 is 0 Å². The topological polar surface area (TPSA) is 64.4 Å². The summed E-state index contributed by atoms with van der Waals surface area (Å²) in [5.41, 5.74) is 1.31.